The molecule has 1 aromatic heterocycles. The second-order valence-electron chi connectivity index (χ2n) is 3.46. The molecule has 0 amide bonds. The van der Waals surface area contributed by atoms with E-state index in [-0.39, 0.29) is 0 Å². The number of halogens is 2. The summed E-state index contributed by atoms with van der Waals surface area (Å²) in [5.41, 5.74) is 1.08. The molecule has 0 spiro atoms. The van der Waals surface area contributed by atoms with Gasteiger partial charge in [0.2, 0.25) is 0 Å². The van der Waals surface area contributed by atoms with E-state index in [0.29, 0.717) is 5.02 Å². The van der Waals surface area contributed by atoms with E-state index in [4.69, 9.17) is 23.2 Å². The van der Waals surface area contributed by atoms with Gasteiger partial charge >= 0.3 is 0 Å². The van der Waals surface area contributed by atoms with Crippen LogP contribution in [0.5, 0.6) is 0 Å². The van der Waals surface area contributed by atoms with Gasteiger partial charge in [0.05, 0.1) is 15.9 Å². The molecule has 0 unspecified atom stereocenters. The van der Waals surface area contributed by atoms with Crippen molar-refractivity contribution in [3.05, 3.63) is 50.6 Å². The van der Waals surface area contributed by atoms with Gasteiger partial charge in [-0.3, -0.25) is 0 Å². The van der Waals surface area contributed by atoms with Gasteiger partial charge in [-0.15, -0.1) is 11.3 Å². The predicted molar refractivity (Wildman–Crippen MR) is 71.7 cm³/mol. The van der Waals surface area contributed by atoms with Gasteiger partial charge in [-0.05, 0) is 24.3 Å². The summed E-state index contributed by atoms with van der Waals surface area (Å²) in [5, 5.41) is 0.633. The molecule has 1 nitrogen and oxygen atoms in total. The molecule has 83 valence electrons. The zero-order valence-corrected chi connectivity index (χ0v) is 11.0. The molecule has 0 aliphatic heterocycles. The van der Waals surface area contributed by atoms with E-state index in [9.17, 15) is 0 Å². The highest BCUT2D eigenvalue weighted by Crippen LogP contribution is 2.25. The first-order valence-corrected chi connectivity index (χ1v) is 6.35. The van der Waals surface area contributed by atoms with Crippen LogP contribution in [0.4, 0.5) is 5.69 Å². The standard InChI is InChI=1S/C12H10Cl2NS/c1-15(8-11-5-6-12(14)16-11)10-4-2-3-9(13)7-10/h2,4-7H,8H2,1H3. The van der Waals surface area contributed by atoms with E-state index in [2.05, 4.69) is 11.0 Å². The molecule has 1 heterocycles. The van der Waals surface area contributed by atoms with E-state index in [1.54, 1.807) is 11.3 Å². The van der Waals surface area contributed by atoms with Gasteiger partial charge in [0, 0.05) is 23.7 Å². The molecule has 1 radical (unpaired) electrons. The highest BCUT2D eigenvalue weighted by atomic mass is 35.5. The van der Waals surface area contributed by atoms with Crippen LogP contribution in [0.2, 0.25) is 9.36 Å². The van der Waals surface area contributed by atoms with E-state index in [0.717, 1.165) is 16.6 Å². The molecule has 0 aliphatic rings. The van der Waals surface area contributed by atoms with Crippen LogP contribution in [-0.2, 0) is 6.54 Å². The van der Waals surface area contributed by atoms with E-state index < -0.39 is 0 Å². The average Bonchev–Trinajstić information content (AvgIpc) is 2.64. The summed E-state index contributed by atoms with van der Waals surface area (Å²) >= 11 is 13.4. The van der Waals surface area contributed by atoms with E-state index >= 15 is 0 Å². The van der Waals surface area contributed by atoms with Gasteiger partial charge < -0.3 is 4.90 Å². The summed E-state index contributed by atoms with van der Waals surface area (Å²) in [4.78, 5) is 3.36. The van der Waals surface area contributed by atoms with Crippen molar-refractivity contribution in [1.29, 1.82) is 0 Å². The highest BCUT2D eigenvalue weighted by molar-refractivity contribution is 7.16. The minimum absolute atomic E-state index is 0.633. The third kappa shape index (κ3) is 2.91. The lowest BCUT2D eigenvalue weighted by molar-refractivity contribution is 0.940. The normalized spacial score (nSPS) is 10.4. The number of hydrogen-bond acceptors (Lipinski definition) is 2. The van der Waals surface area contributed by atoms with Crippen molar-refractivity contribution in [2.45, 2.75) is 6.54 Å². The third-order valence-electron chi connectivity index (χ3n) is 2.21. The first-order valence-electron chi connectivity index (χ1n) is 4.78. The van der Waals surface area contributed by atoms with Crippen LogP contribution in [-0.4, -0.2) is 7.05 Å². The Labute approximate surface area is 109 Å². The topological polar surface area (TPSA) is 3.24 Å². The fraction of sp³-hybridized carbons (Fsp3) is 0.167. The molecule has 2 rings (SSSR count). The molecular weight excluding hydrogens is 261 g/mol. The minimum atomic E-state index is 0.633. The van der Waals surface area contributed by atoms with Crippen LogP contribution >= 0.6 is 34.5 Å². The van der Waals surface area contributed by atoms with Crippen LogP contribution in [0, 0.1) is 6.07 Å². The molecule has 0 saturated carbocycles. The van der Waals surface area contributed by atoms with Crippen molar-refractivity contribution in [3.63, 3.8) is 0 Å². The van der Waals surface area contributed by atoms with Crippen molar-refractivity contribution in [2.24, 2.45) is 0 Å². The van der Waals surface area contributed by atoms with Crippen LogP contribution in [0.15, 0.2) is 30.3 Å². The maximum Gasteiger partial charge on any atom is 0.0931 e. The molecule has 0 saturated heterocycles. The summed E-state index contributed by atoms with van der Waals surface area (Å²) in [5.74, 6) is 0. The number of thiophene rings is 1. The van der Waals surface area contributed by atoms with Gasteiger partial charge in [0.25, 0.3) is 0 Å². The largest absolute Gasteiger partial charge is 0.369 e. The Bertz CT molecular complexity index is 481. The summed E-state index contributed by atoms with van der Waals surface area (Å²) in [6, 6.07) is 12.6. The Morgan fingerprint density at radius 3 is 2.75 bits per heavy atom. The van der Waals surface area contributed by atoms with Gasteiger partial charge in [-0.25, -0.2) is 0 Å². The zero-order valence-electron chi connectivity index (χ0n) is 8.71. The monoisotopic (exact) mass is 270 g/mol. The fourth-order valence-corrected chi connectivity index (χ4v) is 2.74. The van der Waals surface area contributed by atoms with Crippen molar-refractivity contribution in [1.82, 2.24) is 0 Å². The lowest BCUT2D eigenvalue weighted by Gasteiger charge is -2.18. The number of anilines is 1. The van der Waals surface area contributed by atoms with E-state index in [1.165, 1.54) is 4.88 Å². The molecule has 0 atom stereocenters. The zero-order chi connectivity index (χ0) is 11.5. The fourth-order valence-electron chi connectivity index (χ4n) is 1.43. The summed E-state index contributed by atoms with van der Waals surface area (Å²) in [7, 11) is 2.03. The molecule has 0 N–H and O–H groups in total. The van der Waals surface area contributed by atoms with Gasteiger partial charge in [-0.2, -0.15) is 0 Å². The van der Waals surface area contributed by atoms with Crippen molar-refractivity contribution in [2.75, 3.05) is 11.9 Å². The number of nitrogens with zero attached hydrogens (tertiary/aromatic N) is 1. The van der Waals surface area contributed by atoms with E-state index in [1.807, 2.05) is 37.4 Å². The third-order valence-corrected chi connectivity index (χ3v) is 3.65. The molecule has 16 heavy (non-hydrogen) atoms. The minimum Gasteiger partial charge on any atom is -0.369 e. The second-order valence-corrected chi connectivity index (χ2v) is 5.66. The Morgan fingerprint density at radius 2 is 2.12 bits per heavy atom. The SMILES string of the molecule is CN(Cc1ccc(Cl)s1)c1cc[c]c(Cl)c1. The number of hydrogen-bond donors (Lipinski definition) is 0. The maximum absolute atomic E-state index is 5.90. The Morgan fingerprint density at radius 1 is 1.31 bits per heavy atom. The summed E-state index contributed by atoms with van der Waals surface area (Å²) in [6.07, 6.45) is 0. The molecule has 2 aromatic rings. The average molecular weight is 271 g/mol. The molecule has 0 fully saturated rings. The lowest BCUT2D eigenvalue weighted by atomic mass is 10.3. The summed E-state index contributed by atoms with van der Waals surface area (Å²) < 4.78 is 0.822. The van der Waals surface area contributed by atoms with Gasteiger partial charge in [0.1, 0.15) is 0 Å². The first-order chi connectivity index (χ1) is 7.65. The van der Waals surface area contributed by atoms with Gasteiger partial charge in [0.15, 0.2) is 0 Å². The number of rotatable bonds is 3. The lowest BCUT2D eigenvalue weighted by Crippen LogP contribution is -2.15. The molecule has 1 aromatic carbocycles. The molecule has 0 bridgehead atoms. The second kappa shape index (κ2) is 5.09. The molecular formula is C12H10Cl2NS. The van der Waals surface area contributed by atoms with Crippen LogP contribution in [0.3, 0.4) is 0 Å². The smallest absolute Gasteiger partial charge is 0.0931 e. The predicted octanol–water partition coefficient (Wildman–Crippen LogP) is 4.49. The van der Waals surface area contributed by atoms with Crippen molar-refractivity contribution >= 4 is 40.2 Å². The Hall–Kier alpha value is -0.700. The Kier molecular flexibility index (Phi) is 3.74. The van der Waals surface area contributed by atoms with Crippen LogP contribution in [0.1, 0.15) is 4.88 Å². The Balaban J connectivity index is 2.11. The van der Waals surface area contributed by atoms with Crippen LogP contribution < -0.4 is 4.90 Å². The first kappa shape index (κ1) is 11.8. The van der Waals surface area contributed by atoms with Crippen LogP contribution in [0.25, 0.3) is 0 Å². The quantitative estimate of drug-likeness (QED) is 0.794. The highest BCUT2D eigenvalue weighted by Gasteiger charge is 2.04. The molecule has 0 aliphatic carbocycles. The van der Waals surface area contributed by atoms with Crippen molar-refractivity contribution < 1.29 is 0 Å². The summed E-state index contributed by atoms with van der Waals surface area (Å²) in [6.45, 7) is 0.831. The van der Waals surface area contributed by atoms with Gasteiger partial charge in [-0.1, -0.05) is 29.3 Å². The van der Waals surface area contributed by atoms with Crippen molar-refractivity contribution in [3.8, 4) is 0 Å². The maximum atomic E-state index is 5.90. The molecule has 4 heteroatoms. The number of benzene rings is 1.